The zero-order valence-corrected chi connectivity index (χ0v) is 29.4. The van der Waals surface area contributed by atoms with Gasteiger partial charge < -0.3 is 30.0 Å². The van der Waals surface area contributed by atoms with E-state index in [4.69, 9.17) is 9.97 Å². The number of aromatic nitrogens is 4. The van der Waals surface area contributed by atoms with Crippen LogP contribution in [0.4, 0.5) is 17.5 Å². The summed E-state index contributed by atoms with van der Waals surface area (Å²) in [5.74, 6) is 1.36. The van der Waals surface area contributed by atoms with Gasteiger partial charge in [0.25, 0.3) is 5.91 Å². The van der Waals surface area contributed by atoms with Crippen LogP contribution in [0.15, 0.2) is 60.9 Å². The molecule has 5 aliphatic rings. The highest BCUT2D eigenvalue weighted by atomic mass is 16.3. The van der Waals surface area contributed by atoms with Crippen molar-refractivity contribution in [3.8, 4) is 17.0 Å². The average Bonchev–Trinajstić information content (AvgIpc) is 3.51. The van der Waals surface area contributed by atoms with E-state index in [1.165, 1.54) is 11.1 Å². The van der Waals surface area contributed by atoms with Gasteiger partial charge in [0.1, 0.15) is 11.8 Å². The van der Waals surface area contributed by atoms with Crippen LogP contribution in [0.1, 0.15) is 58.6 Å². The molecule has 3 fully saturated rings. The van der Waals surface area contributed by atoms with E-state index in [1.54, 1.807) is 17.0 Å². The number of phenols is 1. The molecular weight excluding hydrogens is 672 g/mol. The summed E-state index contributed by atoms with van der Waals surface area (Å²) in [5.41, 5.74) is 6.31. The minimum Gasteiger partial charge on any atom is -0.507 e. The van der Waals surface area contributed by atoms with Crippen LogP contribution >= 0.6 is 0 Å². The van der Waals surface area contributed by atoms with Crippen molar-refractivity contribution in [2.75, 3.05) is 60.9 Å². The number of hydrogen-bond acceptors (Lipinski definition) is 12. The van der Waals surface area contributed by atoms with Crippen LogP contribution in [0.25, 0.3) is 11.3 Å². The Morgan fingerprint density at radius 3 is 2.51 bits per heavy atom. The number of phenolic OH excluding ortho intramolecular Hbond substituents is 1. The van der Waals surface area contributed by atoms with E-state index in [0.717, 1.165) is 88.1 Å². The molecule has 2 aromatic heterocycles. The number of imide groups is 1. The van der Waals surface area contributed by atoms with Crippen LogP contribution < -0.4 is 20.4 Å². The van der Waals surface area contributed by atoms with Crippen LogP contribution in [-0.2, 0) is 22.6 Å². The molecule has 0 bridgehead atoms. The van der Waals surface area contributed by atoms with Crippen LogP contribution in [0.2, 0.25) is 0 Å². The first-order chi connectivity index (χ1) is 25.9. The summed E-state index contributed by atoms with van der Waals surface area (Å²) in [6.07, 6.45) is 7.66. The van der Waals surface area contributed by atoms with E-state index in [0.29, 0.717) is 35.7 Å². The molecule has 3 amide bonds. The second-order valence-corrected chi connectivity index (χ2v) is 14.7. The van der Waals surface area contributed by atoms with E-state index in [-0.39, 0.29) is 35.9 Å². The Labute approximate surface area is 307 Å². The standard InChI is InChI=1S/C39H42N10O4/c50-34-4-2-1-3-30(34)31-18-33-36(45-44-31)40-21-28-23-47(15-16-48(28)33)39-41-19-27(20-42-39)25-10-13-46(14-11-25)12-9-24-5-6-29-26(17-24)22-49(38(29)53)32-7-8-35(51)43-37(32)52/h1-6,17-20,25,28,32,50H,7-16,21-23H2,(H,40,45)(H,43,51,52)/t28-,32?/m1/s1. The Hall–Kier alpha value is -5.63. The molecule has 5 aliphatic heterocycles. The molecule has 0 aliphatic carbocycles. The van der Waals surface area contributed by atoms with Gasteiger partial charge in [-0.25, -0.2) is 9.97 Å². The lowest BCUT2D eigenvalue weighted by molar-refractivity contribution is -0.136. The Kier molecular flexibility index (Phi) is 8.61. The van der Waals surface area contributed by atoms with E-state index < -0.39 is 6.04 Å². The molecular formula is C39H42N10O4. The quantitative estimate of drug-likeness (QED) is 0.241. The highest BCUT2D eigenvalue weighted by molar-refractivity contribution is 6.05. The van der Waals surface area contributed by atoms with E-state index >= 15 is 0 Å². The molecule has 3 saturated heterocycles. The number of piperazine rings is 1. The van der Waals surface area contributed by atoms with Crippen LogP contribution in [0.3, 0.4) is 0 Å². The van der Waals surface area contributed by atoms with E-state index in [1.807, 2.05) is 42.7 Å². The number of para-hydroxylation sites is 1. The first-order valence-electron chi connectivity index (χ1n) is 18.6. The molecule has 7 heterocycles. The van der Waals surface area contributed by atoms with Crippen LogP contribution in [0, 0.1) is 0 Å². The van der Waals surface area contributed by atoms with Gasteiger partial charge in [0.2, 0.25) is 17.8 Å². The van der Waals surface area contributed by atoms with Crippen molar-refractivity contribution in [2.24, 2.45) is 0 Å². The third-order valence-corrected chi connectivity index (χ3v) is 11.6. The molecule has 0 radical (unpaired) electrons. The maximum atomic E-state index is 13.1. The van der Waals surface area contributed by atoms with Crippen molar-refractivity contribution in [3.63, 3.8) is 0 Å². The number of nitrogens with one attached hydrogen (secondary N) is 2. The van der Waals surface area contributed by atoms with Gasteiger partial charge in [-0.2, -0.15) is 0 Å². The van der Waals surface area contributed by atoms with Crippen molar-refractivity contribution in [1.29, 1.82) is 0 Å². The predicted octanol–water partition coefficient (Wildman–Crippen LogP) is 2.94. The lowest BCUT2D eigenvalue weighted by Gasteiger charge is -2.45. The van der Waals surface area contributed by atoms with Gasteiger partial charge in [0, 0.05) is 69.2 Å². The number of benzene rings is 2. The summed E-state index contributed by atoms with van der Waals surface area (Å²) >= 11 is 0. The number of likely N-dealkylation sites (tertiary alicyclic amines) is 1. The van der Waals surface area contributed by atoms with Gasteiger partial charge in [-0.3, -0.25) is 19.7 Å². The van der Waals surface area contributed by atoms with Gasteiger partial charge in [0.15, 0.2) is 5.82 Å². The molecule has 53 heavy (non-hydrogen) atoms. The number of hydrogen-bond donors (Lipinski definition) is 3. The number of fused-ring (bicyclic) bond motifs is 4. The summed E-state index contributed by atoms with van der Waals surface area (Å²) in [6, 6.07) is 14.9. The number of nitrogens with zero attached hydrogens (tertiary/aromatic N) is 8. The SMILES string of the molecule is O=C1CCC(N2Cc3cc(CCN4CCC(c5cnc(N6CCN7c8cc(-c9ccccc9O)nnc8NC[C@@H]7C6)nc5)CC4)ccc3C2=O)C(=O)N1. The molecule has 4 aromatic rings. The molecule has 272 valence electrons. The third-order valence-electron chi connectivity index (χ3n) is 11.6. The zero-order chi connectivity index (χ0) is 36.1. The fourth-order valence-electron chi connectivity index (χ4n) is 8.56. The molecule has 2 atom stereocenters. The largest absolute Gasteiger partial charge is 0.507 e. The predicted molar refractivity (Wildman–Crippen MR) is 198 cm³/mol. The number of piperidine rings is 2. The lowest BCUT2D eigenvalue weighted by atomic mass is 9.91. The van der Waals surface area contributed by atoms with E-state index in [2.05, 4.69) is 41.6 Å². The summed E-state index contributed by atoms with van der Waals surface area (Å²) in [7, 11) is 0. The monoisotopic (exact) mass is 714 g/mol. The van der Waals surface area contributed by atoms with Crippen molar-refractivity contribution in [3.05, 3.63) is 83.2 Å². The maximum absolute atomic E-state index is 13.1. The van der Waals surface area contributed by atoms with E-state index in [9.17, 15) is 19.5 Å². The van der Waals surface area contributed by atoms with Crippen LogP contribution in [-0.4, -0.2) is 111 Å². The van der Waals surface area contributed by atoms with Crippen LogP contribution in [0.5, 0.6) is 5.75 Å². The Balaban J connectivity index is 0.765. The third kappa shape index (κ3) is 6.41. The van der Waals surface area contributed by atoms with Crippen molar-refractivity contribution in [2.45, 2.75) is 56.7 Å². The summed E-state index contributed by atoms with van der Waals surface area (Å²) < 4.78 is 0. The molecule has 2 aromatic carbocycles. The first kappa shape index (κ1) is 33.2. The highest BCUT2D eigenvalue weighted by Gasteiger charge is 2.39. The molecule has 0 saturated carbocycles. The fraction of sp³-hybridized carbons (Fsp3) is 0.410. The summed E-state index contributed by atoms with van der Waals surface area (Å²) in [5, 5.41) is 25.0. The fourth-order valence-corrected chi connectivity index (χ4v) is 8.56. The number of carbonyl (C=O) groups is 3. The summed E-state index contributed by atoms with van der Waals surface area (Å²) in [6.45, 7) is 6.50. The number of rotatable bonds is 7. The number of anilines is 3. The Morgan fingerprint density at radius 2 is 1.70 bits per heavy atom. The first-order valence-corrected chi connectivity index (χ1v) is 18.6. The number of amides is 3. The average molecular weight is 715 g/mol. The minimum absolute atomic E-state index is 0.132. The number of aromatic hydroxyl groups is 1. The maximum Gasteiger partial charge on any atom is 0.255 e. The minimum atomic E-state index is -0.591. The lowest BCUT2D eigenvalue weighted by Crippen LogP contribution is -2.58. The summed E-state index contributed by atoms with van der Waals surface area (Å²) in [4.78, 5) is 55.5. The number of carbonyl (C=O) groups excluding carboxylic acids is 3. The van der Waals surface area contributed by atoms with Gasteiger partial charge >= 0.3 is 0 Å². The molecule has 1 unspecified atom stereocenters. The van der Waals surface area contributed by atoms with Gasteiger partial charge in [0.05, 0.1) is 17.4 Å². The smallest absolute Gasteiger partial charge is 0.255 e. The normalized spacial score (nSPS) is 21.9. The molecule has 0 spiro atoms. The van der Waals surface area contributed by atoms with Gasteiger partial charge in [-0.15, -0.1) is 10.2 Å². The molecule has 9 rings (SSSR count). The van der Waals surface area contributed by atoms with Crippen molar-refractivity contribution < 1.29 is 19.5 Å². The second kappa shape index (κ2) is 13.7. The zero-order valence-electron chi connectivity index (χ0n) is 29.4. The topological polar surface area (TPSA) is 160 Å². The second-order valence-electron chi connectivity index (χ2n) is 14.7. The Morgan fingerprint density at radius 1 is 0.868 bits per heavy atom. The van der Waals surface area contributed by atoms with Gasteiger partial charge in [-0.05, 0) is 85.6 Å². The highest BCUT2D eigenvalue weighted by Crippen LogP contribution is 2.37. The van der Waals surface area contributed by atoms with Crippen molar-refractivity contribution >= 4 is 35.2 Å². The van der Waals surface area contributed by atoms with Crippen molar-refractivity contribution in [1.82, 2.24) is 35.3 Å². The molecule has 14 nitrogen and oxygen atoms in total. The molecule has 3 N–H and O–H groups in total. The molecule has 14 heteroatoms. The van der Waals surface area contributed by atoms with Gasteiger partial charge in [-0.1, -0.05) is 24.3 Å². The Bertz CT molecular complexity index is 2070.